The van der Waals surface area contributed by atoms with E-state index >= 15 is 0 Å². The van der Waals surface area contributed by atoms with Gasteiger partial charge in [0.2, 0.25) is 5.91 Å². The molecule has 0 radical (unpaired) electrons. The van der Waals surface area contributed by atoms with Crippen molar-refractivity contribution in [1.82, 2.24) is 15.5 Å². The molecule has 1 amide bonds. The summed E-state index contributed by atoms with van der Waals surface area (Å²) in [5, 5.41) is 6.59. The van der Waals surface area contributed by atoms with Crippen LogP contribution in [0, 0.1) is 5.92 Å². The van der Waals surface area contributed by atoms with Crippen molar-refractivity contribution in [1.29, 1.82) is 0 Å². The molecule has 2 aliphatic rings. The third kappa shape index (κ3) is 6.60. The molecule has 3 rings (SSSR count). The Kier molecular flexibility index (Phi) is 9.67. The molecule has 2 N–H and O–H groups in total. The molecule has 2 fully saturated rings. The molecule has 0 saturated carbocycles. The zero-order chi connectivity index (χ0) is 15.2. The molecule has 2 heterocycles. The number of halogens is 2. The number of amides is 1. The Labute approximate surface area is 157 Å². The van der Waals surface area contributed by atoms with E-state index in [4.69, 9.17) is 0 Å². The summed E-state index contributed by atoms with van der Waals surface area (Å²) in [5.41, 5.74) is 1.35. The SMILES string of the molecule is Cl.Cl.O=C(CC1CCNCC1)NC1CCN(Cc2ccccc2)C1. The Morgan fingerprint density at radius 2 is 1.83 bits per heavy atom. The fraction of sp³-hybridized carbons (Fsp3) is 0.611. The van der Waals surface area contributed by atoms with Gasteiger partial charge < -0.3 is 10.6 Å². The minimum absolute atomic E-state index is 0. The van der Waals surface area contributed by atoms with Crippen molar-refractivity contribution < 1.29 is 4.79 Å². The third-order valence-corrected chi connectivity index (χ3v) is 4.82. The van der Waals surface area contributed by atoms with E-state index in [2.05, 4.69) is 45.9 Å². The number of nitrogens with one attached hydrogen (secondary N) is 2. The van der Waals surface area contributed by atoms with Crippen LogP contribution in [0.1, 0.15) is 31.2 Å². The normalized spacial score (nSPS) is 21.6. The van der Waals surface area contributed by atoms with Crippen LogP contribution in [0.3, 0.4) is 0 Å². The lowest BCUT2D eigenvalue weighted by molar-refractivity contribution is -0.122. The number of hydrogen-bond acceptors (Lipinski definition) is 3. The fourth-order valence-corrected chi connectivity index (χ4v) is 3.57. The lowest BCUT2D eigenvalue weighted by atomic mass is 9.94. The van der Waals surface area contributed by atoms with Crippen LogP contribution in [-0.2, 0) is 11.3 Å². The van der Waals surface area contributed by atoms with E-state index in [1.54, 1.807) is 0 Å². The molecule has 2 aliphatic heterocycles. The second kappa shape index (κ2) is 10.9. The van der Waals surface area contributed by atoms with Gasteiger partial charge in [-0.2, -0.15) is 0 Å². The largest absolute Gasteiger partial charge is 0.352 e. The molecule has 1 atom stereocenters. The number of rotatable bonds is 5. The van der Waals surface area contributed by atoms with Crippen molar-refractivity contribution in [2.45, 2.75) is 38.3 Å². The van der Waals surface area contributed by atoms with Crippen LogP contribution in [0.2, 0.25) is 0 Å². The summed E-state index contributed by atoms with van der Waals surface area (Å²) in [6.45, 7) is 5.17. The van der Waals surface area contributed by atoms with Crippen molar-refractivity contribution in [3.05, 3.63) is 35.9 Å². The molecular weight excluding hydrogens is 345 g/mol. The highest BCUT2D eigenvalue weighted by Gasteiger charge is 2.25. The van der Waals surface area contributed by atoms with Gasteiger partial charge in [-0.15, -0.1) is 24.8 Å². The second-order valence-electron chi connectivity index (χ2n) is 6.67. The van der Waals surface area contributed by atoms with Gasteiger partial charge in [0, 0.05) is 32.1 Å². The zero-order valence-electron chi connectivity index (χ0n) is 14.1. The van der Waals surface area contributed by atoms with Crippen molar-refractivity contribution in [2.75, 3.05) is 26.2 Å². The number of benzene rings is 1. The number of nitrogens with zero attached hydrogens (tertiary/aromatic N) is 1. The molecule has 1 aromatic rings. The van der Waals surface area contributed by atoms with Crippen LogP contribution >= 0.6 is 24.8 Å². The molecular formula is C18H29Cl2N3O. The topological polar surface area (TPSA) is 44.4 Å². The first-order chi connectivity index (χ1) is 10.8. The van der Waals surface area contributed by atoms with E-state index < -0.39 is 0 Å². The third-order valence-electron chi connectivity index (χ3n) is 4.82. The van der Waals surface area contributed by atoms with E-state index in [-0.39, 0.29) is 30.7 Å². The molecule has 1 unspecified atom stereocenters. The van der Waals surface area contributed by atoms with Gasteiger partial charge in [-0.05, 0) is 43.8 Å². The van der Waals surface area contributed by atoms with Gasteiger partial charge >= 0.3 is 0 Å². The molecule has 0 spiro atoms. The Morgan fingerprint density at radius 3 is 2.54 bits per heavy atom. The molecule has 24 heavy (non-hydrogen) atoms. The summed E-state index contributed by atoms with van der Waals surface area (Å²) in [7, 11) is 0. The van der Waals surface area contributed by atoms with Crippen molar-refractivity contribution in [3.8, 4) is 0 Å². The van der Waals surface area contributed by atoms with Gasteiger partial charge in [0.1, 0.15) is 0 Å². The number of carbonyl (C=O) groups is 1. The maximum Gasteiger partial charge on any atom is 0.220 e. The maximum atomic E-state index is 12.2. The molecule has 6 heteroatoms. The van der Waals surface area contributed by atoms with Gasteiger partial charge in [0.05, 0.1) is 0 Å². The molecule has 0 aromatic heterocycles. The van der Waals surface area contributed by atoms with E-state index in [1.807, 2.05) is 0 Å². The van der Waals surface area contributed by atoms with Crippen LogP contribution in [0.4, 0.5) is 0 Å². The van der Waals surface area contributed by atoms with Crippen LogP contribution in [0.25, 0.3) is 0 Å². The number of hydrogen-bond donors (Lipinski definition) is 2. The molecule has 0 aliphatic carbocycles. The van der Waals surface area contributed by atoms with Crippen LogP contribution in [0.15, 0.2) is 30.3 Å². The summed E-state index contributed by atoms with van der Waals surface area (Å²) >= 11 is 0. The Morgan fingerprint density at radius 1 is 1.12 bits per heavy atom. The highest BCUT2D eigenvalue weighted by Crippen LogP contribution is 2.17. The van der Waals surface area contributed by atoms with Gasteiger partial charge in [0.15, 0.2) is 0 Å². The quantitative estimate of drug-likeness (QED) is 0.833. The van der Waals surface area contributed by atoms with Crippen molar-refractivity contribution in [3.63, 3.8) is 0 Å². The van der Waals surface area contributed by atoms with E-state index in [1.165, 1.54) is 5.56 Å². The van der Waals surface area contributed by atoms with Crippen molar-refractivity contribution in [2.24, 2.45) is 5.92 Å². The predicted octanol–water partition coefficient (Wildman–Crippen LogP) is 2.61. The van der Waals surface area contributed by atoms with Crippen molar-refractivity contribution >= 4 is 30.7 Å². The highest BCUT2D eigenvalue weighted by molar-refractivity contribution is 5.85. The minimum Gasteiger partial charge on any atom is -0.352 e. The Bertz CT molecular complexity index is 480. The monoisotopic (exact) mass is 373 g/mol. The summed E-state index contributed by atoms with van der Waals surface area (Å²) in [6, 6.07) is 10.9. The van der Waals surface area contributed by atoms with E-state index in [9.17, 15) is 4.79 Å². The fourth-order valence-electron chi connectivity index (χ4n) is 3.57. The lowest BCUT2D eigenvalue weighted by Crippen LogP contribution is -2.39. The first kappa shape index (κ1) is 21.2. The second-order valence-corrected chi connectivity index (χ2v) is 6.67. The minimum atomic E-state index is 0. The van der Waals surface area contributed by atoms with Crippen LogP contribution < -0.4 is 10.6 Å². The molecule has 2 saturated heterocycles. The zero-order valence-corrected chi connectivity index (χ0v) is 15.7. The predicted molar refractivity (Wildman–Crippen MR) is 103 cm³/mol. The molecule has 1 aromatic carbocycles. The number of likely N-dealkylation sites (tertiary alicyclic amines) is 1. The molecule has 136 valence electrons. The van der Waals surface area contributed by atoms with Crippen LogP contribution in [-0.4, -0.2) is 43.0 Å². The Hall–Kier alpha value is -0.810. The molecule has 4 nitrogen and oxygen atoms in total. The summed E-state index contributed by atoms with van der Waals surface area (Å²) < 4.78 is 0. The highest BCUT2D eigenvalue weighted by atomic mass is 35.5. The average Bonchev–Trinajstić information content (AvgIpc) is 2.96. The van der Waals surface area contributed by atoms with Gasteiger partial charge in [-0.1, -0.05) is 30.3 Å². The Balaban J connectivity index is 0.00000144. The van der Waals surface area contributed by atoms with E-state index in [0.29, 0.717) is 18.4 Å². The summed E-state index contributed by atoms with van der Waals surface area (Å²) in [6.07, 6.45) is 4.05. The van der Waals surface area contributed by atoms with E-state index in [0.717, 1.165) is 52.0 Å². The summed E-state index contributed by atoms with van der Waals surface area (Å²) in [5.74, 6) is 0.821. The van der Waals surface area contributed by atoms with Crippen LogP contribution in [0.5, 0.6) is 0 Å². The maximum absolute atomic E-state index is 12.2. The van der Waals surface area contributed by atoms with Gasteiger partial charge in [-0.3, -0.25) is 9.69 Å². The lowest BCUT2D eigenvalue weighted by Gasteiger charge is -2.23. The van der Waals surface area contributed by atoms with Gasteiger partial charge in [-0.25, -0.2) is 0 Å². The average molecular weight is 374 g/mol. The first-order valence-corrected chi connectivity index (χ1v) is 8.56. The summed E-state index contributed by atoms with van der Waals surface area (Å²) in [4.78, 5) is 14.6. The first-order valence-electron chi connectivity index (χ1n) is 8.56. The standard InChI is InChI=1S/C18H27N3O.2ClH/c22-18(12-15-6-9-19-10-7-15)20-17-8-11-21(14-17)13-16-4-2-1-3-5-16;;/h1-5,15,17,19H,6-14H2,(H,20,22);2*1H. The number of piperidine rings is 1. The molecule has 0 bridgehead atoms. The number of carbonyl (C=O) groups excluding carboxylic acids is 1. The smallest absolute Gasteiger partial charge is 0.220 e. The van der Waals surface area contributed by atoms with Gasteiger partial charge in [0.25, 0.3) is 0 Å².